The summed E-state index contributed by atoms with van der Waals surface area (Å²) < 4.78 is 5.55. The maximum atomic E-state index is 11.5. The average Bonchev–Trinajstić information content (AvgIpc) is 2.87. The standard InChI is InChI=1S/C15H19NO3/c1-2-14(17)16-12-4-3-9-7-10-5-6-19-13(10)8-11(9)15(12)18/h7-8,12,15,18H,2-6H2,1H3,(H,16,17). The fourth-order valence-electron chi connectivity index (χ4n) is 2.93. The summed E-state index contributed by atoms with van der Waals surface area (Å²) in [6.45, 7) is 2.55. The van der Waals surface area contributed by atoms with Gasteiger partial charge in [-0.25, -0.2) is 0 Å². The van der Waals surface area contributed by atoms with Gasteiger partial charge in [-0.3, -0.25) is 4.79 Å². The Bertz CT molecular complexity index is 512. The minimum atomic E-state index is -0.631. The zero-order chi connectivity index (χ0) is 13.4. The van der Waals surface area contributed by atoms with E-state index in [4.69, 9.17) is 4.74 Å². The molecule has 0 saturated carbocycles. The van der Waals surface area contributed by atoms with E-state index in [1.807, 2.05) is 13.0 Å². The molecule has 1 aromatic carbocycles. The molecule has 0 spiro atoms. The molecule has 0 saturated heterocycles. The van der Waals surface area contributed by atoms with Gasteiger partial charge in [-0.1, -0.05) is 13.0 Å². The predicted molar refractivity (Wildman–Crippen MR) is 71.1 cm³/mol. The van der Waals surface area contributed by atoms with Gasteiger partial charge < -0.3 is 15.2 Å². The maximum Gasteiger partial charge on any atom is 0.220 e. The first kappa shape index (κ1) is 12.5. The number of aliphatic hydroxyl groups excluding tert-OH is 1. The Morgan fingerprint density at radius 3 is 3.05 bits per heavy atom. The van der Waals surface area contributed by atoms with Crippen LogP contribution < -0.4 is 10.1 Å². The second kappa shape index (κ2) is 4.85. The van der Waals surface area contributed by atoms with Crippen LogP contribution in [0, 0.1) is 0 Å². The lowest BCUT2D eigenvalue weighted by Gasteiger charge is -2.31. The molecular formula is C15H19NO3. The third-order valence-electron chi connectivity index (χ3n) is 4.04. The van der Waals surface area contributed by atoms with Crippen molar-refractivity contribution in [3.8, 4) is 5.75 Å². The number of benzene rings is 1. The molecule has 19 heavy (non-hydrogen) atoms. The number of nitrogens with one attached hydrogen (secondary N) is 1. The van der Waals surface area contributed by atoms with E-state index in [1.165, 1.54) is 11.1 Å². The van der Waals surface area contributed by atoms with Crippen LogP contribution in [0.3, 0.4) is 0 Å². The molecule has 2 unspecified atom stereocenters. The molecule has 2 N–H and O–H groups in total. The first-order valence-corrected chi connectivity index (χ1v) is 6.95. The third-order valence-corrected chi connectivity index (χ3v) is 4.04. The van der Waals surface area contributed by atoms with E-state index in [0.29, 0.717) is 6.42 Å². The van der Waals surface area contributed by atoms with Gasteiger partial charge in [0, 0.05) is 12.8 Å². The van der Waals surface area contributed by atoms with Gasteiger partial charge in [0.25, 0.3) is 0 Å². The molecule has 0 fully saturated rings. The van der Waals surface area contributed by atoms with E-state index in [2.05, 4.69) is 11.4 Å². The van der Waals surface area contributed by atoms with Gasteiger partial charge in [-0.05, 0) is 35.6 Å². The number of carbonyl (C=O) groups is 1. The Labute approximate surface area is 112 Å². The van der Waals surface area contributed by atoms with E-state index >= 15 is 0 Å². The van der Waals surface area contributed by atoms with Crippen molar-refractivity contribution >= 4 is 5.91 Å². The van der Waals surface area contributed by atoms with Crippen molar-refractivity contribution in [1.82, 2.24) is 5.32 Å². The molecule has 4 heteroatoms. The summed E-state index contributed by atoms with van der Waals surface area (Å²) in [7, 11) is 0. The van der Waals surface area contributed by atoms with E-state index in [0.717, 1.165) is 37.2 Å². The maximum absolute atomic E-state index is 11.5. The lowest BCUT2D eigenvalue weighted by atomic mass is 9.84. The Kier molecular flexibility index (Phi) is 3.19. The van der Waals surface area contributed by atoms with Crippen LogP contribution in [0.4, 0.5) is 0 Å². The number of aryl methyl sites for hydroxylation is 1. The van der Waals surface area contributed by atoms with E-state index in [-0.39, 0.29) is 11.9 Å². The average molecular weight is 261 g/mol. The number of rotatable bonds is 2. The SMILES string of the molecule is CCC(=O)NC1CCc2cc3c(cc2C1O)OCC3. The van der Waals surface area contributed by atoms with Crippen LogP contribution in [0.2, 0.25) is 0 Å². The van der Waals surface area contributed by atoms with Gasteiger partial charge in [-0.15, -0.1) is 0 Å². The zero-order valence-corrected chi connectivity index (χ0v) is 11.1. The molecule has 1 aliphatic heterocycles. The van der Waals surface area contributed by atoms with Gasteiger partial charge >= 0.3 is 0 Å². The summed E-state index contributed by atoms with van der Waals surface area (Å²) in [5.74, 6) is 0.880. The molecule has 102 valence electrons. The number of carbonyl (C=O) groups excluding carboxylic acids is 1. The molecule has 1 aromatic rings. The predicted octanol–water partition coefficient (Wildman–Crippen LogP) is 1.50. The van der Waals surface area contributed by atoms with Crippen molar-refractivity contribution in [3.05, 3.63) is 28.8 Å². The Balaban J connectivity index is 1.86. The number of aliphatic hydroxyl groups is 1. The molecule has 2 atom stereocenters. The van der Waals surface area contributed by atoms with E-state index in [9.17, 15) is 9.90 Å². The monoisotopic (exact) mass is 261 g/mol. The molecule has 4 nitrogen and oxygen atoms in total. The van der Waals surface area contributed by atoms with Crippen molar-refractivity contribution in [1.29, 1.82) is 0 Å². The second-order valence-electron chi connectivity index (χ2n) is 5.27. The molecule has 1 amide bonds. The smallest absolute Gasteiger partial charge is 0.220 e. The third kappa shape index (κ3) is 2.21. The highest BCUT2D eigenvalue weighted by Gasteiger charge is 2.30. The van der Waals surface area contributed by atoms with Crippen molar-refractivity contribution < 1.29 is 14.6 Å². The Morgan fingerprint density at radius 1 is 1.42 bits per heavy atom. The fraction of sp³-hybridized carbons (Fsp3) is 0.533. The van der Waals surface area contributed by atoms with E-state index < -0.39 is 6.10 Å². The Morgan fingerprint density at radius 2 is 2.26 bits per heavy atom. The molecule has 2 aliphatic rings. The topological polar surface area (TPSA) is 58.6 Å². The van der Waals surface area contributed by atoms with Gasteiger partial charge in [0.15, 0.2) is 0 Å². The molecule has 3 rings (SSSR count). The second-order valence-corrected chi connectivity index (χ2v) is 5.27. The molecule has 0 bridgehead atoms. The lowest BCUT2D eigenvalue weighted by molar-refractivity contribution is -0.122. The van der Waals surface area contributed by atoms with Gasteiger partial charge in [-0.2, -0.15) is 0 Å². The van der Waals surface area contributed by atoms with Gasteiger partial charge in [0.1, 0.15) is 5.75 Å². The van der Waals surface area contributed by atoms with Crippen LogP contribution in [0.1, 0.15) is 42.6 Å². The van der Waals surface area contributed by atoms with Gasteiger partial charge in [0.05, 0.1) is 18.8 Å². The van der Waals surface area contributed by atoms with Crippen LogP contribution in [0.15, 0.2) is 12.1 Å². The highest BCUT2D eigenvalue weighted by atomic mass is 16.5. The number of ether oxygens (including phenoxy) is 1. The number of hydrogen-bond donors (Lipinski definition) is 2. The number of amides is 1. The quantitative estimate of drug-likeness (QED) is 0.848. The van der Waals surface area contributed by atoms with Crippen molar-refractivity contribution in [3.63, 3.8) is 0 Å². The summed E-state index contributed by atoms with van der Waals surface area (Å²) in [4.78, 5) is 11.5. The largest absolute Gasteiger partial charge is 0.493 e. The van der Waals surface area contributed by atoms with Crippen LogP contribution in [0.25, 0.3) is 0 Å². The number of hydrogen-bond acceptors (Lipinski definition) is 3. The summed E-state index contributed by atoms with van der Waals surface area (Å²) in [5.41, 5.74) is 3.34. The van der Waals surface area contributed by atoms with Crippen LogP contribution in [-0.2, 0) is 17.6 Å². The van der Waals surface area contributed by atoms with Crippen molar-refractivity contribution in [2.24, 2.45) is 0 Å². The van der Waals surface area contributed by atoms with Crippen molar-refractivity contribution in [2.75, 3.05) is 6.61 Å². The first-order chi connectivity index (χ1) is 9.19. The molecule has 1 heterocycles. The molecule has 1 aliphatic carbocycles. The number of fused-ring (bicyclic) bond motifs is 2. The first-order valence-electron chi connectivity index (χ1n) is 6.95. The lowest BCUT2D eigenvalue weighted by Crippen LogP contribution is -2.41. The van der Waals surface area contributed by atoms with Crippen LogP contribution >= 0.6 is 0 Å². The molecule has 0 aromatic heterocycles. The summed E-state index contributed by atoms with van der Waals surface area (Å²) in [5, 5.41) is 13.3. The fourth-order valence-corrected chi connectivity index (χ4v) is 2.93. The minimum Gasteiger partial charge on any atom is -0.493 e. The molecular weight excluding hydrogens is 242 g/mol. The summed E-state index contributed by atoms with van der Waals surface area (Å²) >= 11 is 0. The minimum absolute atomic E-state index is 0.00934. The highest BCUT2D eigenvalue weighted by molar-refractivity contribution is 5.76. The Hall–Kier alpha value is -1.55. The summed E-state index contributed by atoms with van der Waals surface area (Å²) in [6, 6.07) is 3.92. The zero-order valence-electron chi connectivity index (χ0n) is 11.1. The van der Waals surface area contributed by atoms with E-state index in [1.54, 1.807) is 0 Å². The summed E-state index contributed by atoms with van der Waals surface area (Å²) in [6.07, 6.45) is 2.46. The van der Waals surface area contributed by atoms with Crippen LogP contribution in [0.5, 0.6) is 5.75 Å². The normalized spacial score (nSPS) is 24.3. The highest BCUT2D eigenvalue weighted by Crippen LogP contribution is 2.36. The van der Waals surface area contributed by atoms with Crippen molar-refractivity contribution in [2.45, 2.75) is 44.8 Å². The van der Waals surface area contributed by atoms with Crippen LogP contribution in [-0.4, -0.2) is 23.7 Å². The van der Waals surface area contributed by atoms with Gasteiger partial charge in [0.2, 0.25) is 5.91 Å². The molecule has 0 radical (unpaired) electrons.